The highest BCUT2D eigenvalue weighted by atomic mass is 16.5. The molecule has 0 radical (unpaired) electrons. The fraction of sp³-hybridized carbons (Fsp3) is 0.444. The third-order valence-electron chi connectivity index (χ3n) is 4.16. The fourth-order valence-electron chi connectivity index (χ4n) is 2.94. The largest absolute Gasteiger partial charge is 0.475 e. The number of amides is 1. The minimum absolute atomic E-state index is 0.0430. The normalized spacial score (nSPS) is 19.8. The van der Waals surface area contributed by atoms with Crippen molar-refractivity contribution in [2.75, 3.05) is 24.1 Å². The molecule has 3 rings (SSSR count). The molecule has 1 amide bonds. The molecule has 27 heavy (non-hydrogen) atoms. The number of pyridine rings is 1. The molecule has 1 fully saturated rings. The second-order valence-corrected chi connectivity index (χ2v) is 6.69. The Morgan fingerprint density at radius 1 is 1.41 bits per heavy atom. The topological polar surface area (TPSA) is 126 Å². The summed E-state index contributed by atoms with van der Waals surface area (Å²) in [5.41, 5.74) is 6.11. The van der Waals surface area contributed by atoms with Crippen LogP contribution in [0.1, 0.15) is 30.8 Å². The Hall–Kier alpha value is -2.94. The molecule has 0 spiro atoms. The number of aliphatic hydroxyl groups is 1. The number of nitrogens with two attached hydrogens (primary N) is 1. The van der Waals surface area contributed by atoms with Crippen molar-refractivity contribution in [1.29, 1.82) is 0 Å². The van der Waals surface area contributed by atoms with Crippen LogP contribution in [0.5, 0.6) is 5.88 Å². The number of aromatic nitrogens is 3. The molecule has 2 aromatic heterocycles. The number of ether oxygens (including phenoxy) is 1. The number of carbonyl (C=O) groups is 1. The summed E-state index contributed by atoms with van der Waals surface area (Å²) in [6.07, 6.45) is 1.34. The number of hydrogen-bond acceptors (Lipinski definition) is 8. The van der Waals surface area contributed by atoms with Crippen LogP contribution in [0.4, 0.5) is 11.8 Å². The molecule has 1 aliphatic rings. The van der Waals surface area contributed by atoms with E-state index in [4.69, 9.17) is 10.5 Å². The first-order valence-electron chi connectivity index (χ1n) is 8.88. The highest BCUT2D eigenvalue weighted by Crippen LogP contribution is 2.21. The number of β-amino-alcohol motifs (C(OH)–C–C–N with tert-alkyl or cyclic N) is 1. The van der Waals surface area contributed by atoms with Crippen molar-refractivity contribution < 1.29 is 14.6 Å². The predicted octanol–water partition coefficient (Wildman–Crippen LogP) is 0.928. The van der Waals surface area contributed by atoms with E-state index in [-0.39, 0.29) is 30.5 Å². The number of nitrogens with one attached hydrogen (secondary N) is 1. The summed E-state index contributed by atoms with van der Waals surface area (Å²) in [5, 5.41) is 13.7. The van der Waals surface area contributed by atoms with Crippen LogP contribution in [0.2, 0.25) is 0 Å². The average molecular weight is 372 g/mol. The maximum atomic E-state index is 12.5. The van der Waals surface area contributed by atoms with Crippen molar-refractivity contribution in [1.82, 2.24) is 19.9 Å². The van der Waals surface area contributed by atoms with E-state index < -0.39 is 6.10 Å². The maximum absolute atomic E-state index is 12.5. The van der Waals surface area contributed by atoms with Crippen LogP contribution in [-0.4, -0.2) is 62.2 Å². The molecule has 144 valence electrons. The van der Waals surface area contributed by atoms with Gasteiger partial charge in [-0.05, 0) is 32.4 Å². The molecule has 2 atom stereocenters. The van der Waals surface area contributed by atoms with Crippen molar-refractivity contribution in [3.05, 3.63) is 36.2 Å². The Morgan fingerprint density at radius 2 is 2.22 bits per heavy atom. The first-order valence-corrected chi connectivity index (χ1v) is 8.88. The van der Waals surface area contributed by atoms with E-state index in [9.17, 15) is 9.90 Å². The third kappa shape index (κ3) is 4.82. The van der Waals surface area contributed by atoms with Crippen molar-refractivity contribution in [3.63, 3.8) is 0 Å². The van der Waals surface area contributed by atoms with Gasteiger partial charge in [-0.1, -0.05) is 6.07 Å². The van der Waals surface area contributed by atoms with Crippen LogP contribution in [0.25, 0.3) is 0 Å². The second-order valence-electron chi connectivity index (χ2n) is 6.69. The lowest BCUT2D eigenvalue weighted by atomic mass is 10.0. The second kappa shape index (κ2) is 8.17. The number of anilines is 2. The molecule has 0 aromatic carbocycles. The van der Waals surface area contributed by atoms with Crippen LogP contribution >= 0.6 is 0 Å². The standard InChI is InChI=1S/C18H24N6O3/c1-11(2)27-16-9-15(22-18(19)23-16)21-12-6-8-24(10-14(12)25)17(26)13-5-3-4-7-20-13/h3-5,7,9,11-12,14,25H,6,8,10H2,1-2H3,(H3,19,21,22,23)/t12-,14-/m1/s1. The lowest BCUT2D eigenvalue weighted by molar-refractivity contribution is 0.0421. The van der Waals surface area contributed by atoms with Crippen LogP contribution in [-0.2, 0) is 0 Å². The van der Waals surface area contributed by atoms with Crippen molar-refractivity contribution >= 4 is 17.7 Å². The van der Waals surface area contributed by atoms with Crippen LogP contribution in [0, 0.1) is 0 Å². The van der Waals surface area contributed by atoms with Gasteiger partial charge in [-0.2, -0.15) is 9.97 Å². The molecular weight excluding hydrogens is 348 g/mol. The van der Waals surface area contributed by atoms with Gasteiger partial charge >= 0.3 is 0 Å². The van der Waals surface area contributed by atoms with E-state index in [0.717, 1.165) is 0 Å². The molecule has 0 saturated carbocycles. The van der Waals surface area contributed by atoms with E-state index in [2.05, 4.69) is 20.3 Å². The number of piperidine rings is 1. The molecule has 4 N–H and O–H groups in total. The summed E-state index contributed by atoms with van der Waals surface area (Å²) in [7, 11) is 0. The first-order chi connectivity index (χ1) is 12.9. The quantitative estimate of drug-likeness (QED) is 0.707. The van der Waals surface area contributed by atoms with E-state index >= 15 is 0 Å². The molecular formula is C18H24N6O3. The zero-order chi connectivity index (χ0) is 19.4. The highest BCUT2D eigenvalue weighted by Gasteiger charge is 2.31. The van der Waals surface area contributed by atoms with Gasteiger partial charge in [-0.3, -0.25) is 9.78 Å². The van der Waals surface area contributed by atoms with Crippen molar-refractivity contribution in [2.24, 2.45) is 0 Å². The van der Waals surface area contributed by atoms with Gasteiger partial charge in [0, 0.05) is 25.4 Å². The van der Waals surface area contributed by atoms with Crippen LogP contribution in [0.3, 0.4) is 0 Å². The number of carbonyl (C=O) groups excluding carboxylic acids is 1. The number of aliphatic hydroxyl groups excluding tert-OH is 1. The van der Waals surface area contributed by atoms with E-state index in [1.54, 1.807) is 35.4 Å². The van der Waals surface area contributed by atoms with Gasteiger partial charge < -0.3 is 25.8 Å². The number of nitrogen functional groups attached to an aromatic ring is 1. The van der Waals surface area contributed by atoms with E-state index in [0.29, 0.717) is 30.4 Å². The van der Waals surface area contributed by atoms with Gasteiger partial charge in [-0.25, -0.2) is 0 Å². The Bertz CT molecular complexity index is 786. The Morgan fingerprint density at radius 3 is 2.89 bits per heavy atom. The van der Waals surface area contributed by atoms with Gasteiger partial charge in [-0.15, -0.1) is 0 Å². The molecule has 9 nitrogen and oxygen atoms in total. The Labute approximate surface area is 157 Å². The summed E-state index contributed by atoms with van der Waals surface area (Å²) in [6.45, 7) is 4.50. The smallest absolute Gasteiger partial charge is 0.272 e. The minimum atomic E-state index is -0.753. The minimum Gasteiger partial charge on any atom is -0.475 e. The number of hydrogen-bond donors (Lipinski definition) is 3. The SMILES string of the molecule is CC(C)Oc1cc(N[C@@H]2CCN(C(=O)c3ccccn3)C[C@H]2O)nc(N)n1. The number of likely N-dealkylation sites (tertiary alicyclic amines) is 1. The summed E-state index contributed by atoms with van der Waals surface area (Å²) in [4.78, 5) is 26.3. The summed E-state index contributed by atoms with van der Waals surface area (Å²) >= 11 is 0. The number of rotatable bonds is 5. The van der Waals surface area contributed by atoms with Crippen LogP contribution < -0.4 is 15.8 Å². The zero-order valence-electron chi connectivity index (χ0n) is 15.4. The lowest BCUT2D eigenvalue weighted by Gasteiger charge is -2.36. The predicted molar refractivity (Wildman–Crippen MR) is 100 cm³/mol. The summed E-state index contributed by atoms with van der Waals surface area (Å²) < 4.78 is 5.56. The molecule has 0 unspecified atom stereocenters. The number of nitrogens with zero attached hydrogens (tertiary/aromatic N) is 4. The van der Waals surface area contributed by atoms with Crippen molar-refractivity contribution in [2.45, 2.75) is 38.5 Å². The highest BCUT2D eigenvalue weighted by molar-refractivity contribution is 5.92. The molecule has 0 aliphatic carbocycles. The zero-order valence-corrected chi connectivity index (χ0v) is 15.4. The third-order valence-corrected chi connectivity index (χ3v) is 4.16. The Balaban J connectivity index is 1.64. The van der Waals surface area contributed by atoms with Gasteiger partial charge in [0.15, 0.2) is 0 Å². The Kier molecular flexibility index (Phi) is 5.70. The lowest BCUT2D eigenvalue weighted by Crippen LogP contribution is -2.51. The van der Waals surface area contributed by atoms with Crippen molar-refractivity contribution in [3.8, 4) is 5.88 Å². The van der Waals surface area contributed by atoms with E-state index in [1.165, 1.54) is 0 Å². The van der Waals surface area contributed by atoms with Gasteiger partial charge in [0.25, 0.3) is 5.91 Å². The molecule has 9 heteroatoms. The molecule has 0 bridgehead atoms. The van der Waals surface area contributed by atoms with Gasteiger partial charge in [0.05, 0.1) is 18.2 Å². The monoisotopic (exact) mass is 372 g/mol. The summed E-state index contributed by atoms with van der Waals surface area (Å²) in [6, 6.07) is 6.57. The van der Waals surface area contributed by atoms with Gasteiger partial charge in [0.1, 0.15) is 11.5 Å². The summed E-state index contributed by atoms with van der Waals surface area (Å²) in [5.74, 6) is 0.754. The van der Waals surface area contributed by atoms with E-state index in [1.807, 2.05) is 13.8 Å². The van der Waals surface area contributed by atoms with Crippen LogP contribution in [0.15, 0.2) is 30.5 Å². The van der Waals surface area contributed by atoms with Gasteiger partial charge in [0.2, 0.25) is 11.8 Å². The maximum Gasteiger partial charge on any atom is 0.272 e. The molecule has 1 saturated heterocycles. The molecule has 3 heterocycles. The molecule has 1 aliphatic heterocycles. The fourth-order valence-corrected chi connectivity index (χ4v) is 2.94. The first kappa shape index (κ1) is 18.8. The average Bonchev–Trinajstić information content (AvgIpc) is 2.62. The molecule has 2 aromatic rings.